The van der Waals surface area contributed by atoms with Gasteiger partial charge in [-0.1, -0.05) is 18.2 Å². The van der Waals surface area contributed by atoms with Gasteiger partial charge in [-0.3, -0.25) is 4.21 Å². The minimum atomic E-state index is -3.50. The highest BCUT2D eigenvalue weighted by Crippen LogP contribution is 2.13. The largest absolute Gasteiger partial charge is 0.260 e. The lowest BCUT2D eigenvalue weighted by molar-refractivity contribution is 0.580. The van der Waals surface area contributed by atoms with E-state index < -0.39 is 20.8 Å². The second kappa shape index (κ2) is 5.75. The zero-order valence-electron chi connectivity index (χ0n) is 10.1. The van der Waals surface area contributed by atoms with Crippen LogP contribution in [0.4, 0.5) is 0 Å². The van der Waals surface area contributed by atoms with Crippen molar-refractivity contribution in [3.05, 3.63) is 29.8 Å². The van der Waals surface area contributed by atoms with Gasteiger partial charge in [0.2, 0.25) is 10.0 Å². The summed E-state index contributed by atoms with van der Waals surface area (Å²) in [5.41, 5.74) is 0.699. The Morgan fingerprint density at radius 3 is 2.47 bits per heavy atom. The molecule has 1 aromatic rings. The van der Waals surface area contributed by atoms with Crippen LogP contribution in [0.2, 0.25) is 0 Å². The SMILES string of the molecule is Cc1ccccc1S(=O)(=O)NCC(C)S(C)=O. The lowest BCUT2D eigenvalue weighted by atomic mass is 10.2. The Kier molecular flexibility index (Phi) is 4.85. The molecule has 2 atom stereocenters. The van der Waals surface area contributed by atoms with E-state index in [1.54, 1.807) is 44.4 Å². The molecule has 6 heteroatoms. The lowest BCUT2D eigenvalue weighted by Gasteiger charge is -2.12. The standard InChI is InChI=1S/C11H17NO3S2/c1-9-6-4-5-7-11(9)17(14,15)12-8-10(2)16(3)13/h4-7,10,12H,8H2,1-3H3. The molecule has 0 amide bonds. The molecule has 4 nitrogen and oxygen atoms in total. The van der Waals surface area contributed by atoms with Crippen LogP contribution in [0.3, 0.4) is 0 Å². The Hall–Kier alpha value is -0.720. The molecule has 17 heavy (non-hydrogen) atoms. The zero-order chi connectivity index (χ0) is 13.1. The van der Waals surface area contributed by atoms with Gasteiger partial charge in [0.1, 0.15) is 0 Å². The minimum absolute atomic E-state index is 0.180. The van der Waals surface area contributed by atoms with Gasteiger partial charge in [-0.05, 0) is 25.5 Å². The van der Waals surface area contributed by atoms with Gasteiger partial charge in [0.05, 0.1) is 4.90 Å². The van der Waals surface area contributed by atoms with Crippen LogP contribution in [0.1, 0.15) is 12.5 Å². The zero-order valence-corrected chi connectivity index (χ0v) is 11.8. The fourth-order valence-corrected chi connectivity index (χ4v) is 3.08. The van der Waals surface area contributed by atoms with Gasteiger partial charge in [-0.15, -0.1) is 0 Å². The predicted octanol–water partition coefficient (Wildman–Crippen LogP) is 1.04. The normalized spacial score (nSPS) is 15.5. The quantitative estimate of drug-likeness (QED) is 0.873. The third-order valence-corrected chi connectivity index (χ3v) is 5.39. The van der Waals surface area contributed by atoms with Crippen molar-refractivity contribution in [2.75, 3.05) is 12.8 Å². The first-order chi connectivity index (χ1) is 7.84. The van der Waals surface area contributed by atoms with Crippen LogP contribution < -0.4 is 4.72 Å². The smallest absolute Gasteiger partial charge is 0.240 e. The van der Waals surface area contributed by atoms with Crippen molar-refractivity contribution < 1.29 is 12.6 Å². The van der Waals surface area contributed by atoms with Gasteiger partial charge in [-0.2, -0.15) is 0 Å². The molecule has 0 saturated heterocycles. The maximum absolute atomic E-state index is 12.0. The average molecular weight is 275 g/mol. The topological polar surface area (TPSA) is 63.2 Å². The first-order valence-corrected chi connectivity index (χ1v) is 8.32. The highest BCUT2D eigenvalue weighted by Gasteiger charge is 2.17. The van der Waals surface area contributed by atoms with E-state index >= 15 is 0 Å². The van der Waals surface area contributed by atoms with Crippen molar-refractivity contribution in [1.82, 2.24) is 4.72 Å². The number of hydrogen-bond acceptors (Lipinski definition) is 3. The Labute approximate surface area is 105 Å². The third kappa shape index (κ3) is 3.90. The van der Waals surface area contributed by atoms with Crippen LogP contribution in [0.25, 0.3) is 0 Å². The molecule has 0 aromatic heterocycles. The summed E-state index contributed by atoms with van der Waals surface area (Å²) in [7, 11) is -4.54. The van der Waals surface area contributed by atoms with E-state index in [9.17, 15) is 12.6 Å². The second-order valence-electron chi connectivity index (χ2n) is 3.93. The van der Waals surface area contributed by atoms with Crippen LogP contribution in [-0.2, 0) is 20.8 Å². The second-order valence-corrected chi connectivity index (χ2v) is 7.46. The van der Waals surface area contributed by atoms with Crippen LogP contribution >= 0.6 is 0 Å². The highest BCUT2D eigenvalue weighted by atomic mass is 32.2. The highest BCUT2D eigenvalue weighted by molar-refractivity contribution is 7.89. The molecular weight excluding hydrogens is 258 g/mol. The molecule has 0 saturated carbocycles. The van der Waals surface area contributed by atoms with Gasteiger partial charge >= 0.3 is 0 Å². The van der Waals surface area contributed by atoms with E-state index in [1.165, 1.54) is 0 Å². The van der Waals surface area contributed by atoms with E-state index in [1.807, 2.05) is 0 Å². The van der Waals surface area contributed by atoms with Crippen molar-refractivity contribution in [2.45, 2.75) is 24.0 Å². The molecule has 0 spiro atoms. The number of hydrogen-bond donors (Lipinski definition) is 1. The Balaban J connectivity index is 2.84. The molecule has 96 valence electrons. The Morgan fingerprint density at radius 1 is 1.35 bits per heavy atom. The summed E-state index contributed by atoms with van der Waals surface area (Å²) < 4.78 is 37.6. The first-order valence-electron chi connectivity index (χ1n) is 5.22. The van der Waals surface area contributed by atoms with E-state index in [4.69, 9.17) is 0 Å². The molecule has 1 N–H and O–H groups in total. The summed E-state index contributed by atoms with van der Waals surface area (Å²) in [6.45, 7) is 3.67. The molecule has 1 aromatic carbocycles. The predicted molar refractivity (Wildman–Crippen MR) is 69.9 cm³/mol. The Morgan fingerprint density at radius 2 is 1.94 bits per heavy atom. The summed E-state index contributed by atoms with van der Waals surface area (Å²) in [6, 6.07) is 6.78. The van der Waals surface area contributed by atoms with Crippen LogP contribution in [0.5, 0.6) is 0 Å². The number of nitrogens with one attached hydrogen (secondary N) is 1. The Bertz CT molecular complexity index is 511. The van der Waals surface area contributed by atoms with Gasteiger partial charge in [0.15, 0.2) is 0 Å². The molecule has 0 aliphatic heterocycles. The molecule has 0 fully saturated rings. The number of sulfonamides is 1. The van der Waals surface area contributed by atoms with Crippen LogP contribution in [0.15, 0.2) is 29.2 Å². The molecule has 0 radical (unpaired) electrons. The summed E-state index contributed by atoms with van der Waals surface area (Å²) in [5, 5.41) is -0.200. The summed E-state index contributed by atoms with van der Waals surface area (Å²) >= 11 is 0. The monoisotopic (exact) mass is 275 g/mol. The minimum Gasteiger partial charge on any atom is -0.260 e. The van der Waals surface area contributed by atoms with Gasteiger partial charge in [0.25, 0.3) is 0 Å². The lowest BCUT2D eigenvalue weighted by Crippen LogP contribution is -2.32. The van der Waals surface area contributed by atoms with Crippen LogP contribution in [-0.4, -0.2) is 30.7 Å². The van der Waals surface area contributed by atoms with E-state index in [0.29, 0.717) is 5.56 Å². The maximum atomic E-state index is 12.0. The van der Waals surface area contributed by atoms with E-state index in [2.05, 4.69) is 4.72 Å². The first kappa shape index (κ1) is 14.3. The van der Waals surface area contributed by atoms with Crippen molar-refractivity contribution in [3.8, 4) is 0 Å². The van der Waals surface area contributed by atoms with Crippen LogP contribution in [0, 0.1) is 6.92 Å². The molecule has 0 bridgehead atoms. The molecule has 0 aliphatic rings. The molecule has 1 rings (SSSR count). The van der Waals surface area contributed by atoms with Crippen molar-refractivity contribution in [3.63, 3.8) is 0 Å². The van der Waals surface area contributed by atoms with Crippen molar-refractivity contribution in [2.24, 2.45) is 0 Å². The summed E-state index contributed by atoms with van der Waals surface area (Å²) in [4.78, 5) is 0.272. The van der Waals surface area contributed by atoms with Gasteiger partial charge < -0.3 is 0 Å². The molecular formula is C11H17NO3S2. The van der Waals surface area contributed by atoms with Crippen molar-refractivity contribution in [1.29, 1.82) is 0 Å². The van der Waals surface area contributed by atoms with Gasteiger partial charge in [-0.25, -0.2) is 13.1 Å². The average Bonchev–Trinajstić information content (AvgIpc) is 2.26. The van der Waals surface area contributed by atoms with Crippen molar-refractivity contribution >= 4 is 20.8 Å². The molecule has 0 heterocycles. The fourth-order valence-electron chi connectivity index (χ4n) is 1.28. The summed E-state index contributed by atoms with van der Waals surface area (Å²) in [5.74, 6) is 0. The van der Waals surface area contributed by atoms with E-state index in [0.717, 1.165) is 0 Å². The van der Waals surface area contributed by atoms with E-state index in [-0.39, 0.29) is 16.7 Å². The molecule has 2 unspecified atom stereocenters. The summed E-state index contributed by atoms with van der Waals surface area (Å²) in [6.07, 6.45) is 1.56. The number of benzene rings is 1. The fraction of sp³-hybridized carbons (Fsp3) is 0.455. The maximum Gasteiger partial charge on any atom is 0.240 e. The number of rotatable bonds is 5. The number of aryl methyl sites for hydroxylation is 1. The molecule has 0 aliphatic carbocycles. The van der Waals surface area contributed by atoms with Gasteiger partial charge in [0, 0.05) is 28.9 Å². The third-order valence-electron chi connectivity index (χ3n) is 2.51.